The average Bonchev–Trinajstić information content (AvgIpc) is 3.31. The van der Waals surface area contributed by atoms with Crippen LogP contribution in [0.2, 0.25) is 0 Å². The fraction of sp³-hybridized carbons (Fsp3) is 0.370. The number of benzene rings is 2. The summed E-state index contributed by atoms with van der Waals surface area (Å²) >= 11 is 0. The quantitative estimate of drug-likeness (QED) is 0.221. The molecule has 0 aliphatic carbocycles. The second-order valence-electron chi connectivity index (χ2n) is 9.51. The zero-order valence-electron chi connectivity index (χ0n) is 20.5. The Morgan fingerprint density at radius 1 is 0.811 bits per heavy atom. The van der Waals surface area contributed by atoms with Crippen molar-refractivity contribution in [1.29, 1.82) is 0 Å². The molecule has 0 spiro atoms. The normalized spacial score (nSPS) is 16.2. The summed E-state index contributed by atoms with van der Waals surface area (Å²) in [5, 5.41) is 11.6. The molecule has 0 unspecified atom stereocenters. The largest absolute Gasteiger partial charge is 0.368 e. The minimum absolute atomic E-state index is 0.0214. The molecule has 10 nitrogen and oxygen atoms in total. The predicted octanol–water partition coefficient (Wildman–Crippen LogP) is 3.09. The van der Waals surface area contributed by atoms with Crippen LogP contribution in [0, 0.1) is 10.1 Å². The number of aromatic nitrogens is 1. The van der Waals surface area contributed by atoms with Gasteiger partial charge < -0.3 is 19.3 Å². The van der Waals surface area contributed by atoms with Gasteiger partial charge in [-0.1, -0.05) is 18.2 Å². The van der Waals surface area contributed by atoms with Crippen LogP contribution in [-0.2, 0) is 16.1 Å². The highest BCUT2D eigenvalue weighted by Gasteiger charge is 2.29. The van der Waals surface area contributed by atoms with Crippen LogP contribution in [0.4, 0.5) is 11.4 Å². The number of anilines is 1. The molecular weight excluding hydrogens is 474 g/mol. The third-order valence-electron chi connectivity index (χ3n) is 7.23. The van der Waals surface area contributed by atoms with Crippen molar-refractivity contribution >= 4 is 39.9 Å². The minimum atomic E-state index is -0.579. The SMILES string of the molecule is O=C(C(=O)N1CCN(c2ccc([N+](=O)[O-])cc2)CC1)c1cn(CC(=O)N2CCCCC2)c2ccccc12. The van der Waals surface area contributed by atoms with Crippen LogP contribution in [0.15, 0.2) is 54.7 Å². The minimum Gasteiger partial charge on any atom is -0.368 e. The van der Waals surface area contributed by atoms with Crippen molar-refractivity contribution in [2.45, 2.75) is 25.8 Å². The van der Waals surface area contributed by atoms with Crippen molar-refractivity contribution in [3.8, 4) is 0 Å². The van der Waals surface area contributed by atoms with Crippen LogP contribution >= 0.6 is 0 Å². The third kappa shape index (κ3) is 5.04. The molecule has 3 heterocycles. The van der Waals surface area contributed by atoms with E-state index in [-0.39, 0.29) is 18.1 Å². The lowest BCUT2D eigenvalue weighted by atomic mass is 10.1. The number of amides is 2. The number of nitrogens with zero attached hydrogens (tertiary/aromatic N) is 5. The smallest absolute Gasteiger partial charge is 0.295 e. The lowest BCUT2D eigenvalue weighted by Crippen LogP contribution is -2.50. The number of likely N-dealkylation sites (tertiary alicyclic amines) is 1. The maximum Gasteiger partial charge on any atom is 0.295 e. The van der Waals surface area contributed by atoms with Gasteiger partial charge in [-0.2, -0.15) is 0 Å². The van der Waals surface area contributed by atoms with Crippen molar-refractivity contribution in [2.24, 2.45) is 0 Å². The summed E-state index contributed by atoms with van der Waals surface area (Å²) in [7, 11) is 0. The molecular formula is C27H29N5O5. The maximum atomic E-state index is 13.3. The van der Waals surface area contributed by atoms with Gasteiger partial charge in [-0.05, 0) is 37.5 Å². The van der Waals surface area contributed by atoms with Crippen molar-refractivity contribution < 1.29 is 19.3 Å². The number of hydrogen-bond acceptors (Lipinski definition) is 6. The number of non-ortho nitro benzene ring substituents is 1. The molecule has 2 saturated heterocycles. The second kappa shape index (κ2) is 10.4. The highest BCUT2D eigenvalue weighted by atomic mass is 16.6. The number of hydrogen-bond donors (Lipinski definition) is 0. The molecule has 37 heavy (non-hydrogen) atoms. The van der Waals surface area contributed by atoms with E-state index in [9.17, 15) is 24.5 Å². The number of Topliss-reactive ketones (excluding diaryl/α,β-unsaturated/α-hetero) is 1. The Labute approximate surface area is 214 Å². The molecule has 2 fully saturated rings. The van der Waals surface area contributed by atoms with Crippen LogP contribution in [0.25, 0.3) is 10.9 Å². The van der Waals surface area contributed by atoms with Crippen LogP contribution in [0.5, 0.6) is 0 Å². The lowest BCUT2D eigenvalue weighted by molar-refractivity contribution is -0.384. The van der Waals surface area contributed by atoms with Gasteiger partial charge in [0.15, 0.2) is 0 Å². The fourth-order valence-corrected chi connectivity index (χ4v) is 5.16. The number of para-hydroxylation sites is 1. The molecule has 0 bridgehead atoms. The number of fused-ring (bicyclic) bond motifs is 1. The van der Waals surface area contributed by atoms with Crippen LogP contribution in [0.1, 0.15) is 29.6 Å². The fourth-order valence-electron chi connectivity index (χ4n) is 5.16. The highest BCUT2D eigenvalue weighted by Crippen LogP contribution is 2.24. The van der Waals surface area contributed by atoms with Gasteiger partial charge in [-0.3, -0.25) is 24.5 Å². The van der Waals surface area contributed by atoms with Gasteiger partial charge in [0, 0.05) is 74.2 Å². The Bertz CT molecular complexity index is 1330. The molecule has 1 aromatic heterocycles. The molecule has 0 saturated carbocycles. The number of piperazine rings is 1. The molecule has 2 amide bonds. The van der Waals surface area contributed by atoms with E-state index in [1.165, 1.54) is 12.1 Å². The Morgan fingerprint density at radius 3 is 2.16 bits per heavy atom. The topological polar surface area (TPSA) is 109 Å². The summed E-state index contributed by atoms with van der Waals surface area (Å²) in [5.41, 5.74) is 1.93. The zero-order chi connectivity index (χ0) is 25.9. The van der Waals surface area contributed by atoms with E-state index in [1.54, 1.807) is 27.8 Å². The number of piperidine rings is 1. The average molecular weight is 504 g/mol. The lowest BCUT2D eigenvalue weighted by Gasteiger charge is -2.35. The van der Waals surface area contributed by atoms with E-state index >= 15 is 0 Å². The summed E-state index contributed by atoms with van der Waals surface area (Å²) in [6, 6.07) is 13.7. The molecule has 2 aromatic carbocycles. The molecule has 2 aliphatic heterocycles. The van der Waals surface area contributed by atoms with Crippen LogP contribution < -0.4 is 4.90 Å². The van der Waals surface area contributed by atoms with E-state index in [0.717, 1.165) is 43.6 Å². The molecule has 0 radical (unpaired) electrons. The summed E-state index contributed by atoms with van der Waals surface area (Å²) < 4.78 is 1.78. The van der Waals surface area contributed by atoms with Gasteiger partial charge in [0.25, 0.3) is 17.4 Å². The van der Waals surface area contributed by atoms with Crippen molar-refractivity contribution in [2.75, 3.05) is 44.2 Å². The van der Waals surface area contributed by atoms with E-state index in [0.29, 0.717) is 37.1 Å². The molecule has 192 valence electrons. The molecule has 0 atom stereocenters. The number of nitro benzene ring substituents is 1. The summed E-state index contributed by atoms with van der Waals surface area (Å²) in [6.07, 6.45) is 4.79. The molecule has 5 rings (SSSR count). The van der Waals surface area contributed by atoms with E-state index in [4.69, 9.17) is 0 Å². The second-order valence-corrected chi connectivity index (χ2v) is 9.51. The van der Waals surface area contributed by atoms with Crippen LogP contribution in [-0.4, -0.2) is 76.2 Å². The number of rotatable bonds is 6. The van der Waals surface area contributed by atoms with Gasteiger partial charge in [-0.15, -0.1) is 0 Å². The number of nitro groups is 1. The van der Waals surface area contributed by atoms with E-state index in [1.807, 2.05) is 34.1 Å². The Morgan fingerprint density at radius 2 is 1.49 bits per heavy atom. The van der Waals surface area contributed by atoms with Gasteiger partial charge in [0.05, 0.1) is 10.5 Å². The summed E-state index contributed by atoms with van der Waals surface area (Å²) in [4.78, 5) is 55.3. The summed E-state index contributed by atoms with van der Waals surface area (Å²) in [5.74, 6) is -1.12. The Balaban J connectivity index is 1.28. The first-order valence-corrected chi connectivity index (χ1v) is 12.6. The van der Waals surface area contributed by atoms with E-state index < -0.39 is 16.6 Å². The zero-order valence-corrected chi connectivity index (χ0v) is 20.5. The van der Waals surface area contributed by atoms with Crippen molar-refractivity contribution in [3.05, 3.63) is 70.4 Å². The molecule has 0 N–H and O–H groups in total. The van der Waals surface area contributed by atoms with Gasteiger partial charge in [0.1, 0.15) is 6.54 Å². The Hall–Kier alpha value is -4.21. The monoisotopic (exact) mass is 503 g/mol. The first kappa shape index (κ1) is 24.5. The Kier molecular flexibility index (Phi) is 6.89. The predicted molar refractivity (Wildman–Crippen MR) is 139 cm³/mol. The van der Waals surface area contributed by atoms with Crippen LogP contribution in [0.3, 0.4) is 0 Å². The van der Waals surface area contributed by atoms with Gasteiger partial charge in [0.2, 0.25) is 5.91 Å². The van der Waals surface area contributed by atoms with Crippen molar-refractivity contribution in [3.63, 3.8) is 0 Å². The first-order valence-electron chi connectivity index (χ1n) is 12.6. The first-order chi connectivity index (χ1) is 17.9. The standard InChI is InChI=1S/C27H29N5O5/c33-25(29-12-4-1-5-13-29)19-31-18-23(22-6-2-3-7-24(22)31)26(34)27(35)30-16-14-28(15-17-30)20-8-10-21(11-9-20)32(36)37/h2-3,6-11,18H,1,4-5,12-17,19H2. The van der Waals surface area contributed by atoms with Gasteiger partial charge in [-0.25, -0.2) is 0 Å². The molecule has 10 heteroatoms. The van der Waals surface area contributed by atoms with E-state index in [2.05, 4.69) is 0 Å². The van der Waals surface area contributed by atoms with Crippen molar-refractivity contribution in [1.82, 2.24) is 14.4 Å². The molecule has 2 aliphatic rings. The third-order valence-corrected chi connectivity index (χ3v) is 7.23. The molecule has 3 aromatic rings. The highest BCUT2D eigenvalue weighted by molar-refractivity contribution is 6.45. The number of carbonyl (C=O) groups is 3. The summed E-state index contributed by atoms with van der Waals surface area (Å²) in [6.45, 7) is 3.42. The number of carbonyl (C=O) groups excluding carboxylic acids is 3. The van der Waals surface area contributed by atoms with Gasteiger partial charge >= 0.3 is 0 Å². The maximum absolute atomic E-state index is 13.3. The number of ketones is 1.